The first-order valence-electron chi connectivity index (χ1n) is 11.2. The molecular weight excluding hydrogens is 308 g/mol. The lowest BCUT2D eigenvalue weighted by molar-refractivity contribution is -0.131. The Bertz CT molecular complexity index is 281. The van der Waals surface area contributed by atoms with E-state index in [0.29, 0.717) is 19.5 Å². The number of carbonyl (C=O) groups is 1. The molecule has 0 aromatic rings. The summed E-state index contributed by atoms with van der Waals surface area (Å²) in [5, 5.41) is 0. The molecule has 0 saturated carbocycles. The normalized spacial score (nSPS) is 11.0. The maximum absolute atomic E-state index is 12.0. The highest BCUT2D eigenvalue weighted by atomic mass is 16.2. The maximum atomic E-state index is 12.0. The Morgan fingerprint density at radius 3 is 1.44 bits per heavy atom. The lowest BCUT2D eigenvalue weighted by atomic mass is 10.0. The first kappa shape index (κ1) is 24.4. The molecule has 0 rings (SSSR count). The number of hydrogen-bond donors (Lipinski definition) is 1. The predicted octanol–water partition coefficient (Wildman–Crippen LogP) is 6.06. The number of nitrogens with two attached hydrogens (primary N) is 1. The molecule has 0 aliphatic carbocycles. The topological polar surface area (TPSA) is 46.3 Å². The van der Waals surface area contributed by atoms with Gasteiger partial charge in [0.2, 0.25) is 5.91 Å². The van der Waals surface area contributed by atoms with Crippen LogP contribution >= 0.6 is 0 Å². The first-order chi connectivity index (χ1) is 12.3. The molecule has 0 aromatic carbocycles. The molecule has 3 nitrogen and oxygen atoms in total. The Labute approximate surface area is 158 Å². The lowest BCUT2D eigenvalue weighted by Gasteiger charge is -2.19. The Morgan fingerprint density at radius 2 is 1.08 bits per heavy atom. The zero-order valence-corrected chi connectivity index (χ0v) is 17.4. The summed E-state index contributed by atoms with van der Waals surface area (Å²) in [5.41, 5.74) is 5.53. The molecule has 0 spiro atoms. The molecule has 0 saturated heterocycles. The maximum Gasteiger partial charge on any atom is 0.222 e. The molecule has 0 aliphatic rings. The van der Waals surface area contributed by atoms with Gasteiger partial charge in [0.05, 0.1) is 0 Å². The van der Waals surface area contributed by atoms with Crippen molar-refractivity contribution >= 4 is 5.91 Å². The van der Waals surface area contributed by atoms with Gasteiger partial charge in [-0.15, -0.1) is 0 Å². The number of unbranched alkanes of at least 4 members (excludes halogenated alkanes) is 14. The van der Waals surface area contributed by atoms with Crippen LogP contribution in [0.1, 0.15) is 117 Å². The van der Waals surface area contributed by atoms with Gasteiger partial charge in [0.15, 0.2) is 0 Å². The number of nitrogens with zero attached hydrogens (tertiary/aromatic N) is 1. The summed E-state index contributed by atoms with van der Waals surface area (Å²) < 4.78 is 0. The second kappa shape index (κ2) is 19.8. The van der Waals surface area contributed by atoms with Gasteiger partial charge >= 0.3 is 0 Å². The Kier molecular flexibility index (Phi) is 19.3. The van der Waals surface area contributed by atoms with Crippen molar-refractivity contribution in [2.24, 2.45) is 5.73 Å². The van der Waals surface area contributed by atoms with E-state index >= 15 is 0 Å². The molecule has 0 unspecified atom stereocenters. The summed E-state index contributed by atoms with van der Waals surface area (Å²) >= 11 is 0. The van der Waals surface area contributed by atoms with Crippen molar-refractivity contribution in [2.45, 2.75) is 117 Å². The van der Waals surface area contributed by atoms with E-state index in [4.69, 9.17) is 5.73 Å². The summed E-state index contributed by atoms with van der Waals surface area (Å²) in [7, 11) is 0. The molecule has 0 bridgehead atoms. The fourth-order valence-corrected chi connectivity index (χ4v) is 3.42. The van der Waals surface area contributed by atoms with Gasteiger partial charge in [-0.1, -0.05) is 96.8 Å². The largest absolute Gasteiger partial charge is 0.342 e. The first-order valence-corrected chi connectivity index (χ1v) is 11.2. The molecule has 25 heavy (non-hydrogen) atoms. The highest BCUT2D eigenvalue weighted by Crippen LogP contribution is 2.13. The van der Waals surface area contributed by atoms with Crippen LogP contribution in [-0.4, -0.2) is 30.4 Å². The van der Waals surface area contributed by atoms with E-state index in [2.05, 4.69) is 6.92 Å². The summed E-state index contributed by atoms with van der Waals surface area (Å²) in [5.74, 6) is 0.280. The third-order valence-corrected chi connectivity index (χ3v) is 5.13. The Balaban J connectivity index is 3.22. The minimum absolute atomic E-state index is 0.280. The van der Waals surface area contributed by atoms with Gasteiger partial charge < -0.3 is 10.6 Å². The van der Waals surface area contributed by atoms with Crippen molar-refractivity contribution in [3.8, 4) is 0 Å². The summed E-state index contributed by atoms with van der Waals surface area (Å²) in [6, 6.07) is 0. The lowest BCUT2D eigenvalue weighted by Crippen LogP contribution is -2.34. The molecule has 0 aromatic heterocycles. The monoisotopic (exact) mass is 354 g/mol. The van der Waals surface area contributed by atoms with Gasteiger partial charge in [-0.2, -0.15) is 0 Å². The zero-order valence-electron chi connectivity index (χ0n) is 17.4. The van der Waals surface area contributed by atoms with Crippen LogP contribution in [0.25, 0.3) is 0 Å². The smallest absolute Gasteiger partial charge is 0.222 e. The fourth-order valence-electron chi connectivity index (χ4n) is 3.42. The van der Waals surface area contributed by atoms with E-state index in [-0.39, 0.29) is 5.91 Å². The molecule has 0 radical (unpaired) electrons. The van der Waals surface area contributed by atoms with Gasteiger partial charge in [-0.3, -0.25) is 4.79 Å². The summed E-state index contributed by atoms with van der Waals surface area (Å²) in [4.78, 5) is 13.8. The highest BCUT2D eigenvalue weighted by molar-refractivity contribution is 5.76. The number of likely N-dealkylation sites (N-methyl/N-ethyl adjacent to an activating group) is 1. The summed E-state index contributed by atoms with van der Waals surface area (Å²) in [6.07, 6.45) is 21.1. The van der Waals surface area contributed by atoms with Crippen LogP contribution in [0.4, 0.5) is 0 Å². The SMILES string of the molecule is CCCCCCCCCCCCCCCCCC(=O)N(CC)CCN. The number of hydrogen-bond acceptors (Lipinski definition) is 2. The van der Waals surface area contributed by atoms with Crippen LogP contribution in [-0.2, 0) is 4.79 Å². The number of amides is 1. The van der Waals surface area contributed by atoms with Crippen LogP contribution in [0.2, 0.25) is 0 Å². The van der Waals surface area contributed by atoms with Gasteiger partial charge in [0, 0.05) is 26.1 Å². The minimum Gasteiger partial charge on any atom is -0.342 e. The molecule has 150 valence electrons. The van der Waals surface area contributed by atoms with Crippen molar-refractivity contribution in [2.75, 3.05) is 19.6 Å². The average molecular weight is 355 g/mol. The van der Waals surface area contributed by atoms with Crippen LogP contribution in [0.3, 0.4) is 0 Å². The molecule has 0 aliphatic heterocycles. The van der Waals surface area contributed by atoms with Crippen molar-refractivity contribution in [3.05, 3.63) is 0 Å². The predicted molar refractivity (Wildman–Crippen MR) is 111 cm³/mol. The molecule has 0 atom stereocenters. The van der Waals surface area contributed by atoms with E-state index in [9.17, 15) is 4.79 Å². The van der Waals surface area contributed by atoms with Crippen LogP contribution < -0.4 is 5.73 Å². The molecule has 1 amide bonds. The van der Waals surface area contributed by atoms with Crippen molar-refractivity contribution < 1.29 is 4.79 Å². The van der Waals surface area contributed by atoms with Gasteiger partial charge in [-0.05, 0) is 13.3 Å². The van der Waals surface area contributed by atoms with E-state index in [0.717, 1.165) is 13.0 Å². The molecule has 0 fully saturated rings. The third kappa shape index (κ3) is 16.6. The molecule has 0 heterocycles. The zero-order chi connectivity index (χ0) is 18.6. The van der Waals surface area contributed by atoms with Gasteiger partial charge in [0.1, 0.15) is 0 Å². The molecule has 3 heteroatoms. The molecular formula is C22H46N2O. The number of carbonyl (C=O) groups excluding carboxylic acids is 1. The quantitative estimate of drug-likeness (QED) is 0.287. The van der Waals surface area contributed by atoms with Crippen LogP contribution in [0, 0.1) is 0 Å². The fraction of sp³-hybridized carbons (Fsp3) is 0.955. The minimum atomic E-state index is 0.280. The van der Waals surface area contributed by atoms with Crippen molar-refractivity contribution in [1.29, 1.82) is 0 Å². The van der Waals surface area contributed by atoms with E-state index < -0.39 is 0 Å². The van der Waals surface area contributed by atoms with Crippen molar-refractivity contribution in [1.82, 2.24) is 4.90 Å². The standard InChI is InChI=1S/C22H46N2O/c1-3-5-6-7-8-9-10-11-12-13-14-15-16-17-18-19-22(25)24(4-2)21-20-23/h3-21,23H2,1-2H3. The molecule has 2 N–H and O–H groups in total. The van der Waals surface area contributed by atoms with E-state index in [1.165, 1.54) is 89.9 Å². The summed E-state index contributed by atoms with van der Waals surface area (Å²) in [6.45, 7) is 6.37. The second-order valence-corrected chi connectivity index (χ2v) is 7.46. The highest BCUT2D eigenvalue weighted by Gasteiger charge is 2.09. The Hall–Kier alpha value is -0.570. The van der Waals surface area contributed by atoms with Gasteiger partial charge in [-0.25, -0.2) is 0 Å². The third-order valence-electron chi connectivity index (χ3n) is 5.13. The van der Waals surface area contributed by atoms with Gasteiger partial charge in [0.25, 0.3) is 0 Å². The van der Waals surface area contributed by atoms with E-state index in [1.54, 1.807) is 0 Å². The average Bonchev–Trinajstić information content (AvgIpc) is 2.62. The Morgan fingerprint density at radius 1 is 0.680 bits per heavy atom. The van der Waals surface area contributed by atoms with Crippen LogP contribution in [0.15, 0.2) is 0 Å². The second-order valence-electron chi connectivity index (χ2n) is 7.46. The van der Waals surface area contributed by atoms with E-state index in [1.807, 2.05) is 11.8 Å². The van der Waals surface area contributed by atoms with Crippen LogP contribution in [0.5, 0.6) is 0 Å². The number of rotatable bonds is 19. The van der Waals surface area contributed by atoms with Crippen molar-refractivity contribution in [3.63, 3.8) is 0 Å².